The van der Waals surface area contributed by atoms with E-state index in [0.29, 0.717) is 18.8 Å². The summed E-state index contributed by atoms with van der Waals surface area (Å²) < 4.78 is 0. The second kappa shape index (κ2) is 7.24. The molecule has 1 saturated heterocycles. The van der Waals surface area contributed by atoms with E-state index in [4.69, 9.17) is 11.0 Å². The van der Waals surface area contributed by atoms with Crippen LogP contribution in [0.2, 0.25) is 0 Å². The van der Waals surface area contributed by atoms with Crippen LogP contribution in [-0.4, -0.2) is 30.4 Å². The van der Waals surface area contributed by atoms with Crippen LogP contribution >= 0.6 is 0 Å². The number of hydrogen-bond acceptors (Lipinski definition) is 3. The SMILES string of the molecule is N#CCCCCN1CCC(CC(N)=O)CC1. The molecule has 1 rings (SSSR count). The topological polar surface area (TPSA) is 70.1 Å². The highest BCUT2D eigenvalue weighted by Crippen LogP contribution is 2.20. The van der Waals surface area contributed by atoms with Gasteiger partial charge in [-0.15, -0.1) is 0 Å². The van der Waals surface area contributed by atoms with Crippen LogP contribution in [0.15, 0.2) is 0 Å². The van der Waals surface area contributed by atoms with Crippen LogP contribution in [0.25, 0.3) is 0 Å². The molecule has 2 N–H and O–H groups in total. The van der Waals surface area contributed by atoms with Gasteiger partial charge < -0.3 is 10.6 Å². The number of amides is 1. The lowest BCUT2D eigenvalue weighted by molar-refractivity contribution is -0.119. The fourth-order valence-electron chi connectivity index (χ4n) is 2.24. The third kappa shape index (κ3) is 5.13. The van der Waals surface area contributed by atoms with Crippen molar-refractivity contribution in [3.05, 3.63) is 0 Å². The molecule has 0 saturated carbocycles. The van der Waals surface area contributed by atoms with E-state index in [1.54, 1.807) is 0 Å². The minimum atomic E-state index is -0.174. The largest absolute Gasteiger partial charge is 0.370 e. The van der Waals surface area contributed by atoms with Crippen LogP contribution in [0.3, 0.4) is 0 Å². The molecule has 1 amide bonds. The molecule has 1 aliphatic heterocycles. The van der Waals surface area contributed by atoms with E-state index in [0.717, 1.165) is 45.3 Å². The van der Waals surface area contributed by atoms with Crippen molar-refractivity contribution in [1.82, 2.24) is 4.90 Å². The maximum absolute atomic E-state index is 10.8. The quantitative estimate of drug-likeness (QED) is 0.689. The van der Waals surface area contributed by atoms with Gasteiger partial charge in [-0.3, -0.25) is 4.79 Å². The van der Waals surface area contributed by atoms with Crippen LogP contribution in [0.5, 0.6) is 0 Å². The molecule has 0 spiro atoms. The molecular formula is C12H21N3O. The fourth-order valence-corrected chi connectivity index (χ4v) is 2.24. The number of nitrogens with two attached hydrogens (primary N) is 1. The van der Waals surface area contributed by atoms with Crippen molar-refractivity contribution in [1.29, 1.82) is 5.26 Å². The lowest BCUT2D eigenvalue weighted by atomic mass is 9.93. The normalized spacial score (nSPS) is 18.2. The summed E-state index contributed by atoms with van der Waals surface area (Å²) in [5, 5.41) is 8.41. The Labute approximate surface area is 97.4 Å². The smallest absolute Gasteiger partial charge is 0.217 e. The predicted octanol–water partition coefficient (Wildman–Crippen LogP) is 1.27. The molecule has 0 bridgehead atoms. The van der Waals surface area contributed by atoms with Crippen LogP contribution in [-0.2, 0) is 4.79 Å². The number of nitriles is 1. The Bertz CT molecular complexity index is 251. The van der Waals surface area contributed by atoms with Crippen LogP contribution in [0.4, 0.5) is 0 Å². The summed E-state index contributed by atoms with van der Waals surface area (Å²) in [6.45, 7) is 3.24. The Hall–Kier alpha value is -1.08. The van der Waals surface area contributed by atoms with Gasteiger partial charge in [0.15, 0.2) is 0 Å². The first-order valence-corrected chi connectivity index (χ1v) is 6.10. The van der Waals surface area contributed by atoms with Crippen molar-refractivity contribution in [3.63, 3.8) is 0 Å². The standard InChI is InChI=1S/C12H21N3O/c13-6-2-1-3-7-15-8-4-11(5-9-15)10-12(14)16/h11H,1-5,7-10H2,(H2,14,16). The molecule has 0 radical (unpaired) electrons. The zero-order valence-corrected chi connectivity index (χ0v) is 9.82. The van der Waals surface area contributed by atoms with Crippen molar-refractivity contribution in [2.24, 2.45) is 11.7 Å². The van der Waals surface area contributed by atoms with Crippen molar-refractivity contribution in [3.8, 4) is 6.07 Å². The molecule has 1 fully saturated rings. The molecule has 0 unspecified atom stereocenters. The second-order valence-electron chi connectivity index (χ2n) is 4.57. The van der Waals surface area contributed by atoms with E-state index in [9.17, 15) is 4.79 Å². The molecule has 0 atom stereocenters. The molecule has 90 valence electrons. The van der Waals surface area contributed by atoms with Crippen LogP contribution in [0.1, 0.15) is 38.5 Å². The van der Waals surface area contributed by atoms with Gasteiger partial charge in [-0.1, -0.05) is 0 Å². The number of likely N-dealkylation sites (tertiary alicyclic amines) is 1. The molecular weight excluding hydrogens is 202 g/mol. The summed E-state index contributed by atoms with van der Waals surface area (Å²) in [6.07, 6.45) is 5.48. The van der Waals surface area contributed by atoms with E-state index in [-0.39, 0.29) is 5.91 Å². The van der Waals surface area contributed by atoms with Crippen molar-refractivity contribution in [2.75, 3.05) is 19.6 Å². The Morgan fingerprint density at radius 3 is 2.62 bits per heavy atom. The monoisotopic (exact) mass is 223 g/mol. The molecule has 1 aliphatic rings. The van der Waals surface area contributed by atoms with Gasteiger partial charge in [0.05, 0.1) is 6.07 Å². The fraction of sp³-hybridized carbons (Fsp3) is 0.833. The Kier molecular flexibility index (Phi) is 5.87. The van der Waals surface area contributed by atoms with Crippen molar-refractivity contribution in [2.45, 2.75) is 38.5 Å². The first-order valence-electron chi connectivity index (χ1n) is 6.10. The summed E-state index contributed by atoms with van der Waals surface area (Å²) in [7, 11) is 0. The van der Waals surface area contributed by atoms with Crippen LogP contribution in [0, 0.1) is 17.2 Å². The van der Waals surface area contributed by atoms with Crippen molar-refractivity contribution < 1.29 is 4.79 Å². The molecule has 4 heteroatoms. The highest BCUT2D eigenvalue weighted by Gasteiger charge is 2.19. The van der Waals surface area contributed by atoms with E-state index in [1.807, 2.05) is 0 Å². The average molecular weight is 223 g/mol. The van der Waals surface area contributed by atoms with Gasteiger partial charge >= 0.3 is 0 Å². The average Bonchev–Trinajstić information content (AvgIpc) is 2.26. The molecule has 4 nitrogen and oxygen atoms in total. The number of carbonyl (C=O) groups excluding carboxylic acids is 1. The summed E-state index contributed by atoms with van der Waals surface area (Å²) >= 11 is 0. The first-order chi connectivity index (χ1) is 7.72. The number of primary amides is 1. The minimum absolute atomic E-state index is 0.174. The third-order valence-electron chi connectivity index (χ3n) is 3.21. The summed E-state index contributed by atoms with van der Waals surface area (Å²) in [4.78, 5) is 13.2. The summed E-state index contributed by atoms with van der Waals surface area (Å²) in [5.74, 6) is 0.320. The van der Waals surface area contributed by atoms with Gasteiger partial charge in [-0.05, 0) is 51.2 Å². The van der Waals surface area contributed by atoms with Crippen LogP contribution < -0.4 is 5.73 Å². The van der Waals surface area contributed by atoms with E-state index < -0.39 is 0 Å². The highest BCUT2D eigenvalue weighted by atomic mass is 16.1. The molecule has 0 aromatic carbocycles. The van der Waals surface area contributed by atoms with Gasteiger partial charge in [0.1, 0.15) is 0 Å². The van der Waals surface area contributed by atoms with E-state index in [1.165, 1.54) is 0 Å². The maximum atomic E-state index is 10.8. The number of hydrogen-bond donors (Lipinski definition) is 1. The molecule has 0 aromatic heterocycles. The number of nitrogens with zero attached hydrogens (tertiary/aromatic N) is 2. The van der Waals surface area contributed by atoms with Crippen molar-refractivity contribution >= 4 is 5.91 Å². The first kappa shape index (κ1) is 13.0. The second-order valence-corrected chi connectivity index (χ2v) is 4.57. The summed E-state index contributed by atoms with van der Waals surface area (Å²) in [6, 6.07) is 2.16. The molecule has 0 aliphatic carbocycles. The number of rotatable bonds is 6. The van der Waals surface area contributed by atoms with E-state index >= 15 is 0 Å². The maximum Gasteiger partial charge on any atom is 0.217 e. The molecule has 1 heterocycles. The van der Waals surface area contributed by atoms with Gasteiger partial charge in [0, 0.05) is 12.8 Å². The zero-order chi connectivity index (χ0) is 11.8. The number of unbranched alkanes of at least 4 members (excludes halogenated alkanes) is 2. The molecule has 16 heavy (non-hydrogen) atoms. The van der Waals surface area contributed by atoms with Gasteiger partial charge in [-0.25, -0.2) is 0 Å². The Balaban J connectivity index is 2.08. The third-order valence-corrected chi connectivity index (χ3v) is 3.21. The number of piperidine rings is 1. The minimum Gasteiger partial charge on any atom is -0.370 e. The lowest BCUT2D eigenvalue weighted by Crippen LogP contribution is -2.35. The highest BCUT2D eigenvalue weighted by molar-refractivity contribution is 5.73. The Morgan fingerprint density at radius 1 is 1.38 bits per heavy atom. The van der Waals surface area contributed by atoms with Gasteiger partial charge in [0.25, 0.3) is 0 Å². The summed E-state index contributed by atoms with van der Waals surface area (Å²) in [5.41, 5.74) is 5.19. The predicted molar refractivity (Wildman–Crippen MR) is 62.4 cm³/mol. The molecule has 0 aromatic rings. The van der Waals surface area contributed by atoms with Gasteiger partial charge in [-0.2, -0.15) is 5.26 Å². The number of carbonyl (C=O) groups is 1. The zero-order valence-electron chi connectivity index (χ0n) is 9.82. The Morgan fingerprint density at radius 2 is 2.06 bits per heavy atom. The van der Waals surface area contributed by atoms with E-state index in [2.05, 4.69) is 11.0 Å². The lowest BCUT2D eigenvalue weighted by Gasteiger charge is -2.31. The van der Waals surface area contributed by atoms with Gasteiger partial charge in [0.2, 0.25) is 5.91 Å².